The summed E-state index contributed by atoms with van der Waals surface area (Å²) < 4.78 is 1.17. The maximum atomic E-state index is 5.64. The van der Waals surface area contributed by atoms with E-state index in [0.29, 0.717) is 5.69 Å². The van der Waals surface area contributed by atoms with Crippen LogP contribution in [0.4, 0.5) is 11.4 Å². The van der Waals surface area contributed by atoms with E-state index < -0.39 is 0 Å². The molecule has 0 saturated heterocycles. The number of nitrogens with two attached hydrogens (primary N) is 1. The normalized spacial score (nSPS) is 10.3. The van der Waals surface area contributed by atoms with E-state index in [9.17, 15) is 0 Å². The Morgan fingerprint density at radius 2 is 2.25 bits per heavy atom. The van der Waals surface area contributed by atoms with Crippen molar-refractivity contribution in [3.63, 3.8) is 0 Å². The maximum absolute atomic E-state index is 5.64. The molecular weight excluding hydrogens is 286 g/mol. The minimum Gasteiger partial charge on any atom is -0.397 e. The van der Waals surface area contributed by atoms with Gasteiger partial charge in [-0.15, -0.1) is 11.3 Å². The van der Waals surface area contributed by atoms with E-state index in [1.165, 1.54) is 8.66 Å². The first-order valence-electron chi connectivity index (χ1n) is 4.92. The van der Waals surface area contributed by atoms with Crippen LogP contribution < -0.4 is 11.1 Å². The maximum Gasteiger partial charge on any atom is 0.0701 e. The molecule has 0 spiro atoms. The van der Waals surface area contributed by atoms with Gasteiger partial charge in [0.05, 0.1) is 21.4 Å². The van der Waals surface area contributed by atoms with Crippen LogP contribution in [-0.2, 0) is 6.42 Å². The highest BCUT2D eigenvalue weighted by atomic mass is 79.9. The predicted molar refractivity (Wildman–Crippen MR) is 72.9 cm³/mol. The number of hydrogen-bond acceptors (Lipinski definition) is 4. The molecule has 0 unspecified atom stereocenters. The summed E-state index contributed by atoms with van der Waals surface area (Å²) in [5.41, 5.74) is 7.29. The zero-order valence-electron chi connectivity index (χ0n) is 8.61. The van der Waals surface area contributed by atoms with E-state index in [4.69, 9.17) is 5.73 Å². The SMILES string of the molecule is Nc1cncc(NCCc2ccc(Br)s2)c1. The lowest BCUT2D eigenvalue weighted by molar-refractivity contribution is 1.04. The molecule has 0 aliphatic heterocycles. The number of aromatic nitrogens is 1. The molecule has 2 aromatic heterocycles. The van der Waals surface area contributed by atoms with Crippen molar-refractivity contribution >= 4 is 38.6 Å². The molecule has 0 radical (unpaired) electrons. The van der Waals surface area contributed by atoms with Gasteiger partial charge in [0.2, 0.25) is 0 Å². The molecule has 0 fully saturated rings. The summed E-state index contributed by atoms with van der Waals surface area (Å²) in [6.45, 7) is 0.887. The van der Waals surface area contributed by atoms with Gasteiger partial charge in [-0.25, -0.2) is 0 Å². The number of nitrogens with one attached hydrogen (secondary N) is 1. The molecule has 2 rings (SSSR count). The van der Waals surface area contributed by atoms with E-state index in [0.717, 1.165) is 18.7 Å². The molecule has 16 heavy (non-hydrogen) atoms. The summed E-state index contributed by atoms with van der Waals surface area (Å²) in [5.74, 6) is 0. The topological polar surface area (TPSA) is 50.9 Å². The average molecular weight is 298 g/mol. The quantitative estimate of drug-likeness (QED) is 0.911. The van der Waals surface area contributed by atoms with Crippen LogP contribution >= 0.6 is 27.3 Å². The van der Waals surface area contributed by atoms with Crippen molar-refractivity contribution in [2.75, 3.05) is 17.6 Å². The van der Waals surface area contributed by atoms with E-state index in [-0.39, 0.29) is 0 Å². The first-order chi connectivity index (χ1) is 7.74. The lowest BCUT2D eigenvalue weighted by Gasteiger charge is -2.05. The number of nitrogen functional groups attached to an aromatic ring is 1. The molecule has 3 N–H and O–H groups in total. The summed E-state index contributed by atoms with van der Waals surface area (Å²) in [6.07, 6.45) is 4.42. The van der Waals surface area contributed by atoms with Gasteiger partial charge in [-0.3, -0.25) is 4.98 Å². The lowest BCUT2D eigenvalue weighted by atomic mass is 10.3. The van der Waals surface area contributed by atoms with Crippen molar-refractivity contribution < 1.29 is 0 Å². The highest BCUT2D eigenvalue weighted by Crippen LogP contribution is 2.22. The Morgan fingerprint density at radius 1 is 1.38 bits per heavy atom. The molecule has 2 aromatic rings. The number of hydrogen-bond donors (Lipinski definition) is 2. The van der Waals surface area contributed by atoms with Gasteiger partial charge in [0, 0.05) is 17.6 Å². The first kappa shape index (κ1) is 11.4. The van der Waals surface area contributed by atoms with Crippen LogP contribution in [0.15, 0.2) is 34.4 Å². The minimum atomic E-state index is 0.684. The molecule has 0 aliphatic rings. The Kier molecular flexibility index (Phi) is 3.79. The summed E-state index contributed by atoms with van der Waals surface area (Å²) >= 11 is 5.21. The van der Waals surface area contributed by atoms with Crippen LogP contribution in [0.25, 0.3) is 0 Å². The van der Waals surface area contributed by atoms with E-state index in [1.807, 2.05) is 6.07 Å². The van der Waals surface area contributed by atoms with Crippen LogP contribution in [0, 0.1) is 0 Å². The largest absolute Gasteiger partial charge is 0.397 e. The van der Waals surface area contributed by atoms with E-state index in [1.54, 1.807) is 23.7 Å². The van der Waals surface area contributed by atoms with Crippen molar-refractivity contribution in [3.8, 4) is 0 Å². The Labute approximate surface area is 107 Å². The number of halogens is 1. The summed E-state index contributed by atoms with van der Waals surface area (Å²) in [6, 6.07) is 6.09. The number of anilines is 2. The van der Waals surface area contributed by atoms with Crippen molar-refractivity contribution in [2.24, 2.45) is 0 Å². The van der Waals surface area contributed by atoms with Crippen LogP contribution in [0.2, 0.25) is 0 Å². The molecule has 0 saturated carbocycles. The molecular formula is C11H12BrN3S. The molecule has 0 amide bonds. The van der Waals surface area contributed by atoms with E-state index >= 15 is 0 Å². The minimum absolute atomic E-state index is 0.684. The van der Waals surface area contributed by atoms with Crippen LogP contribution in [-0.4, -0.2) is 11.5 Å². The van der Waals surface area contributed by atoms with Gasteiger partial charge < -0.3 is 11.1 Å². The van der Waals surface area contributed by atoms with E-state index in [2.05, 4.69) is 38.4 Å². The van der Waals surface area contributed by atoms with Gasteiger partial charge in [-0.2, -0.15) is 0 Å². The first-order valence-corrected chi connectivity index (χ1v) is 6.53. The third-order valence-electron chi connectivity index (χ3n) is 2.09. The Bertz CT molecular complexity index is 470. The fraction of sp³-hybridized carbons (Fsp3) is 0.182. The number of rotatable bonds is 4. The molecule has 0 aliphatic carbocycles. The van der Waals surface area contributed by atoms with Crippen molar-refractivity contribution in [1.82, 2.24) is 4.98 Å². The zero-order valence-corrected chi connectivity index (χ0v) is 11.0. The third-order valence-corrected chi connectivity index (χ3v) is 3.77. The number of nitrogens with zero attached hydrogens (tertiary/aromatic N) is 1. The van der Waals surface area contributed by atoms with Gasteiger partial charge in [-0.1, -0.05) is 0 Å². The van der Waals surface area contributed by atoms with Gasteiger partial charge in [0.15, 0.2) is 0 Å². The van der Waals surface area contributed by atoms with Crippen molar-refractivity contribution in [2.45, 2.75) is 6.42 Å². The molecule has 84 valence electrons. The second kappa shape index (κ2) is 5.32. The monoisotopic (exact) mass is 297 g/mol. The lowest BCUT2D eigenvalue weighted by Crippen LogP contribution is -2.04. The van der Waals surface area contributed by atoms with Gasteiger partial charge in [-0.05, 0) is 40.5 Å². The third kappa shape index (κ3) is 3.21. The van der Waals surface area contributed by atoms with Crippen molar-refractivity contribution in [1.29, 1.82) is 0 Å². The van der Waals surface area contributed by atoms with Gasteiger partial charge in [0.1, 0.15) is 0 Å². The summed E-state index contributed by atoms with van der Waals surface area (Å²) in [5, 5.41) is 3.29. The highest BCUT2D eigenvalue weighted by Gasteiger charge is 1.98. The fourth-order valence-corrected chi connectivity index (χ4v) is 2.85. The standard InChI is InChI=1S/C11H12BrN3S/c12-11-2-1-10(16-11)3-4-15-9-5-8(13)6-14-7-9/h1-2,5-7,15H,3-4,13H2. The van der Waals surface area contributed by atoms with Gasteiger partial charge >= 0.3 is 0 Å². The Balaban J connectivity index is 1.84. The molecule has 5 heteroatoms. The van der Waals surface area contributed by atoms with Crippen LogP contribution in [0.1, 0.15) is 4.88 Å². The van der Waals surface area contributed by atoms with Crippen LogP contribution in [0.5, 0.6) is 0 Å². The zero-order chi connectivity index (χ0) is 11.4. The smallest absolute Gasteiger partial charge is 0.0701 e. The highest BCUT2D eigenvalue weighted by molar-refractivity contribution is 9.11. The fourth-order valence-electron chi connectivity index (χ4n) is 1.37. The predicted octanol–water partition coefficient (Wildman–Crippen LogP) is 3.14. The molecule has 2 heterocycles. The Morgan fingerprint density at radius 3 is 2.94 bits per heavy atom. The second-order valence-electron chi connectivity index (χ2n) is 3.39. The summed E-state index contributed by atoms with van der Waals surface area (Å²) in [4.78, 5) is 5.38. The van der Waals surface area contributed by atoms with Crippen LogP contribution in [0.3, 0.4) is 0 Å². The number of thiophene rings is 1. The summed E-state index contributed by atoms with van der Waals surface area (Å²) in [7, 11) is 0. The Hall–Kier alpha value is -1.07. The molecule has 0 aromatic carbocycles. The average Bonchev–Trinajstić information content (AvgIpc) is 2.64. The van der Waals surface area contributed by atoms with Crippen molar-refractivity contribution in [3.05, 3.63) is 39.3 Å². The molecule has 3 nitrogen and oxygen atoms in total. The number of pyridine rings is 1. The molecule has 0 atom stereocenters. The molecule has 0 bridgehead atoms. The van der Waals surface area contributed by atoms with Gasteiger partial charge in [0.25, 0.3) is 0 Å². The second-order valence-corrected chi connectivity index (χ2v) is 5.94.